The summed E-state index contributed by atoms with van der Waals surface area (Å²) in [4.78, 5) is 20.7. The molecule has 1 saturated heterocycles. The molecule has 0 aliphatic carbocycles. The maximum absolute atomic E-state index is 12.5. The Bertz CT molecular complexity index is 1000. The number of hydrogen-bond donors (Lipinski definition) is 2. The van der Waals surface area contributed by atoms with Crippen LogP contribution in [0.5, 0.6) is 11.5 Å². The van der Waals surface area contributed by atoms with Gasteiger partial charge >= 0.3 is 0 Å². The van der Waals surface area contributed by atoms with Gasteiger partial charge in [0.05, 0.1) is 42.8 Å². The van der Waals surface area contributed by atoms with E-state index in [2.05, 4.69) is 19.6 Å². The number of nitrogens with zero attached hydrogens (tertiary/aromatic N) is 2. The number of fused-ring (bicyclic) bond motifs is 1. The summed E-state index contributed by atoms with van der Waals surface area (Å²) in [5, 5.41) is -0.122. The molecule has 11 heteroatoms. The van der Waals surface area contributed by atoms with Gasteiger partial charge in [-0.15, -0.1) is 0 Å². The van der Waals surface area contributed by atoms with Gasteiger partial charge in [-0.3, -0.25) is 9.69 Å². The van der Waals surface area contributed by atoms with E-state index in [0.29, 0.717) is 42.0 Å². The highest BCUT2D eigenvalue weighted by Gasteiger charge is 2.22. The van der Waals surface area contributed by atoms with E-state index in [0.717, 1.165) is 19.6 Å². The first kappa shape index (κ1) is 22.5. The normalized spacial score (nSPS) is 16.5. The lowest BCUT2D eigenvalue weighted by atomic mass is 10.2. The molecule has 1 aliphatic heterocycles. The summed E-state index contributed by atoms with van der Waals surface area (Å²) in [6.45, 7) is 5.72. The zero-order chi connectivity index (χ0) is 21.6. The van der Waals surface area contributed by atoms with E-state index < -0.39 is 15.3 Å². The molecule has 1 aromatic carbocycles. The fourth-order valence-electron chi connectivity index (χ4n) is 3.18. The molecule has 0 amide bonds. The molecular formula is C19H28N4O6S. The third kappa shape index (κ3) is 5.69. The molecule has 2 aromatic rings. The first-order chi connectivity index (χ1) is 14.4. The van der Waals surface area contributed by atoms with Gasteiger partial charge in [0.25, 0.3) is 5.56 Å². The van der Waals surface area contributed by atoms with Crippen LogP contribution in [0.15, 0.2) is 23.3 Å². The van der Waals surface area contributed by atoms with Crippen LogP contribution in [0.25, 0.3) is 10.9 Å². The fourth-order valence-corrected chi connectivity index (χ4v) is 4.25. The number of hydrogen-bond acceptors (Lipinski definition) is 8. The molecule has 2 heterocycles. The van der Waals surface area contributed by atoms with Crippen molar-refractivity contribution in [3.63, 3.8) is 0 Å². The van der Waals surface area contributed by atoms with Crippen molar-refractivity contribution in [2.75, 3.05) is 53.1 Å². The molecule has 1 aromatic heterocycles. The molecular weight excluding hydrogens is 412 g/mol. The highest BCUT2D eigenvalue weighted by molar-refractivity contribution is 7.90. The van der Waals surface area contributed by atoms with E-state index >= 15 is 0 Å². The number of rotatable bonds is 10. The molecule has 10 nitrogen and oxygen atoms in total. The standard InChI is InChI=1S/C19H28N4O6S/c1-14(3-5-23-6-9-28-10-7-23)30(25,26)22-4-8-29-18-12-16-15(11-17(18)27-2)19(24)21-13-20-16/h11-14,22H,3-10H2,1-2H3,(H,20,21,24). The number of H-pyrrole nitrogens is 1. The summed E-state index contributed by atoms with van der Waals surface area (Å²) in [5.41, 5.74) is 0.190. The van der Waals surface area contributed by atoms with Crippen molar-refractivity contribution in [2.45, 2.75) is 18.6 Å². The van der Waals surface area contributed by atoms with E-state index in [-0.39, 0.29) is 18.7 Å². The second-order valence-electron chi connectivity index (χ2n) is 7.09. The summed E-state index contributed by atoms with van der Waals surface area (Å²) in [6.07, 6.45) is 1.86. The SMILES string of the molecule is COc1cc2c(=O)[nH]cnc2cc1OCCNS(=O)(=O)C(C)CCN1CCOCC1. The monoisotopic (exact) mass is 440 g/mol. The highest BCUT2D eigenvalue weighted by atomic mass is 32.2. The largest absolute Gasteiger partial charge is 0.493 e. The van der Waals surface area contributed by atoms with Gasteiger partial charge in [-0.25, -0.2) is 18.1 Å². The Morgan fingerprint density at radius 3 is 2.80 bits per heavy atom. The molecule has 1 fully saturated rings. The van der Waals surface area contributed by atoms with Crippen LogP contribution >= 0.6 is 0 Å². The van der Waals surface area contributed by atoms with Crippen LogP contribution in [0.4, 0.5) is 0 Å². The van der Waals surface area contributed by atoms with Crippen LogP contribution < -0.4 is 19.8 Å². The number of benzene rings is 1. The lowest BCUT2D eigenvalue weighted by Crippen LogP contribution is -2.40. The highest BCUT2D eigenvalue weighted by Crippen LogP contribution is 2.30. The van der Waals surface area contributed by atoms with E-state index in [4.69, 9.17) is 14.2 Å². The number of aromatic amines is 1. The third-order valence-electron chi connectivity index (χ3n) is 5.07. The van der Waals surface area contributed by atoms with Gasteiger partial charge in [0, 0.05) is 25.7 Å². The summed E-state index contributed by atoms with van der Waals surface area (Å²) in [6, 6.07) is 3.15. The van der Waals surface area contributed by atoms with Crippen molar-refractivity contribution < 1.29 is 22.6 Å². The molecule has 0 radical (unpaired) electrons. The topological polar surface area (TPSA) is 123 Å². The average molecular weight is 441 g/mol. The average Bonchev–Trinajstić information content (AvgIpc) is 2.75. The number of aromatic nitrogens is 2. The van der Waals surface area contributed by atoms with Crippen molar-refractivity contribution in [2.24, 2.45) is 0 Å². The number of methoxy groups -OCH3 is 1. The van der Waals surface area contributed by atoms with Crippen LogP contribution in [0.1, 0.15) is 13.3 Å². The van der Waals surface area contributed by atoms with Crippen molar-refractivity contribution >= 4 is 20.9 Å². The Hall–Kier alpha value is -2.21. The predicted molar refractivity (Wildman–Crippen MR) is 113 cm³/mol. The van der Waals surface area contributed by atoms with Gasteiger partial charge in [0.15, 0.2) is 11.5 Å². The lowest BCUT2D eigenvalue weighted by molar-refractivity contribution is 0.0374. The second-order valence-corrected chi connectivity index (χ2v) is 9.28. The van der Waals surface area contributed by atoms with Crippen LogP contribution in [0.2, 0.25) is 0 Å². The number of ether oxygens (including phenoxy) is 3. The minimum absolute atomic E-state index is 0.112. The molecule has 166 valence electrons. The summed E-state index contributed by atoms with van der Waals surface area (Å²) >= 11 is 0. The maximum Gasteiger partial charge on any atom is 0.258 e. The van der Waals surface area contributed by atoms with Gasteiger partial charge in [-0.2, -0.15) is 0 Å². The van der Waals surface area contributed by atoms with Crippen molar-refractivity contribution in [3.8, 4) is 11.5 Å². The van der Waals surface area contributed by atoms with E-state index in [1.54, 1.807) is 19.1 Å². The van der Waals surface area contributed by atoms with Crippen molar-refractivity contribution in [3.05, 3.63) is 28.8 Å². The van der Waals surface area contributed by atoms with Crippen LogP contribution in [-0.2, 0) is 14.8 Å². The molecule has 30 heavy (non-hydrogen) atoms. The number of nitrogens with one attached hydrogen (secondary N) is 2. The molecule has 2 N–H and O–H groups in total. The molecule has 1 unspecified atom stereocenters. The van der Waals surface area contributed by atoms with Crippen molar-refractivity contribution in [1.29, 1.82) is 0 Å². The molecule has 3 rings (SSSR count). The lowest BCUT2D eigenvalue weighted by Gasteiger charge is -2.27. The first-order valence-electron chi connectivity index (χ1n) is 9.87. The Kier molecular flexibility index (Phi) is 7.64. The number of sulfonamides is 1. The molecule has 0 bridgehead atoms. The van der Waals surface area contributed by atoms with Crippen LogP contribution in [-0.4, -0.2) is 81.6 Å². The van der Waals surface area contributed by atoms with E-state index in [1.807, 2.05) is 0 Å². The summed E-state index contributed by atoms with van der Waals surface area (Å²) < 4.78 is 43.8. The first-order valence-corrected chi connectivity index (χ1v) is 11.4. The fraction of sp³-hybridized carbons (Fsp3) is 0.579. The third-order valence-corrected chi connectivity index (χ3v) is 6.98. The Morgan fingerprint density at radius 1 is 1.30 bits per heavy atom. The maximum atomic E-state index is 12.5. The van der Waals surface area contributed by atoms with Crippen molar-refractivity contribution in [1.82, 2.24) is 19.6 Å². The Morgan fingerprint density at radius 2 is 2.07 bits per heavy atom. The van der Waals surface area contributed by atoms with Gasteiger partial charge in [-0.1, -0.05) is 0 Å². The van der Waals surface area contributed by atoms with Gasteiger partial charge < -0.3 is 19.2 Å². The Labute approximate surface area is 175 Å². The second kappa shape index (κ2) is 10.2. The van der Waals surface area contributed by atoms with E-state index in [9.17, 15) is 13.2 Å². The summed E-state index contributed by atoms with van der Waals surface area (Å²) in [5.74, 6) is 0.769. The summed E-state index contributed by atoms with van der Waals surface area (Å²) in [7, 11) is -1.98. The van der Waals surface area contributed by atoms with Gasteiger partial charge in [0.1, 0.15) is 6.61 Å². The quantitative estimate of drug-likeness (QED) is 0.507. The molecule has 1 aliphatic rings. The van der Waals surface area contributed by atoms with Crippen LogP contribution in [0.3, 0.4) is 0 Å². The Balaban J connectivity index is 1.51. The minimum atomic E-state index is -3.45. The smallest absolute Gasteiger partial charge is 0.258 e. The predicted octanol–water partition coefficient (Wildman–Crippen LogP) is 0.341. The van der Waals surface area contributed by atoms with Gasteiger partial charge in [-0.05, 0) is 26.0 Å². The molecule has 1 atom stereocenters. The molecule has 0 spiro atoms. The van der Waals surface area contributed by atoms with Gasteiger partial charge in [0.2, 0.25) is 10.0 Å². The number of morpholine rings is 1. The molecule has 0 saturated carbocycles. The van der Waals surface area contributed by atoms with E-state index in [1.165, 1.54) is 13.4 Å². The zero-order valence-corrected chi connectivity index (χ0v) is 18.0. The zero-order valence-electron chi connectivity index (χ0n) is 17.2. The van der Waals surface area contributed by atoms with Crippen LogP contribution in [0, 0.1) is 0 Å². The minimum Gasteiger partial charge on any atom is -0.493 e.